The van der Waals surface area contributed by atoms with Gasteiger partial charge < -0.3 is 10.6 Å². The van der Waals surface area contributed by atoms with Crippen molar-refractivity contribution in [2.24, 2.45) is 16.5 Å². The molecule has 1 aromatic carbocycles. The SMILES string of the molecule is NC1=NC(N)(c2ccc(N3CCCCC(N4CCCC4)C3)c(F)c2)NN1. The summed E-state index contributed by atoms with van der Waals surface area (Å²) in [4.78, 5) is 8.88. The third kappa shape index (κ3) is 3.36. The molecule has 26 heavy (non-hydrogen) atoms. The van der Waals surface area contributed by atoms with Crippen LogP contribution in [-0.4, -0.2) is 43.1 Å². The smallest absolute Gasteiger partial charge is 0.209 e. The van der Waals surface area contributed by atoms with E-state index in [9.17, 15) is 4.39 Å². The molecule has 7 nitrogen and oxygen atoms in total. The minimum absolute atomic E-state index is 0.193. The zero-order valence-corrected chi connectivity index (χ0v) is 15.0. The fraction of sp³-hybridized carbons (Fsp3) is 0.611. The molecule has 6 N–H and O–H groups in total. The summed E-state index contributed by atoms with van der Waals surface area (Å²) in [7, 11) is 0. The molecule has 2 atom stereocenters. The molecule has 0 saturated carbocycles. The van der Waals surface area contributed by atoms with Crippen LogP contribution in [0.5, 0.6) is 0 Å². The van der Waals surface area contributed by atoms with E-state index < -0.39 is 5.79 Å². The molecule has 0 radical (unpaired) electrons. The Hall–Kier alpha value is -1.90. The highest BCUT2D eigenvalue weighted by Gasteiger charge is 2.33. The van der Waals surface area contributed by atoms with E-state index in [1.807, 2.05) is 12.1 Å². The summed E-state index contributed by atoms with van der Waals surface area (Å²) in [5, 5.41) is 0. The second kappa shape index (κ2) is 7.02. The number of anilines is 1. The highest BCUT2D eigenvalue weighted by atomic mass is 19.1. The van der Waals surface area contributed by atoms with Crippen molar-refractivity contribution in [1.82, 2.24) is 15.8 Å². The first kappa shape index (κ1) is 17.5. The van der Waals surface area contributed by atoms with E-state index in [1.54, 1.807) is 0 Å². The second-order valence-electron chi connectivity index (χ2n) is 7.52. The second-order valence-corrected chi connectivity index (χ2v) is 7.52. The van der Waals surface area contributed by atoms with Crippen molar-refractivity contribution in [2.75, 3.05) is 31.1 Å². The molecule has 0 aliphatic carbocycles. The maximum absolute atomic E-state index is 15.0. The lowest BCUT2D eigenvalue weighted by Crippen LogP contribution is -2.50. The molecule has 2 unspecified atom stereocenters. The van der Waals surface area contributed by atoms with Crippen LogP contribution in [0.3, 0.4) is 0 Å². The number of benzene rings is 1. The minimum Gasteiger partial charge on any atom is -0.369 e. The topological polar surface area (TPSA) is 94.9 Å². The van der Waals surface area contributed by atoms with Crippen molar-refractivity contribution in [3.63, 3.8) is 0 Å². The number of hydrogen-bond acceptors (Lipinski definition) is 7. The van der Waals surface area contributed by atoms with E-state index in [0.717, 1.165) is 19.5 Å². The normalized spacial score (nSPS) is 30.2. The molecular formula is C18H28FN7. The standard InChI is InChI=1S/C18H28FN7/c19-15-11-13(18(21)22-17(20)23-24-18)6-7-16(15)26-10-2-1-5-14(12-26)25-8-3-4-9-25/h6-7,11,14,24H,1-5,8-10,12,21H2,(H3,20,22,23). The van der Waals surface area contributed by atoms with E-state index in [4.69, 9.17) is 11.5 Å². The zero-order valence-electron chi connectivity index (χ0n) is 15.0. The summed E-state index contributed by atoms with van der Waals surface area (Å²) in [6.07, 6.45) is 6.06. The number of nitrogens with one attached hydrogen (secondary N) is 2. The lowest BCUT2D eigenvalue weighted by molar-refractivity contribution is 0.236. The van der Waals surface area contributed by atoms with Gasteiger partial charge in [0.2, 0.25) is 11.7 Å². The Balaban J connectivity index is 1.55. The third-order valence-electron chi connectivity index (χ3n) is 5.71. The third-order valence-corrected chi connectivity index (χ3v) is 5.71. The quantitative estimate of drug-likeness (QED) is 0.635. The summed E-state index contributed by atoms with van der Waals surface area (Å²) >= 11 is 0. The van der Waals surface area contributed by atoms with Crippen molar-refractivity contribution >= 4 is 11.6 Å². The number of hydrogen-bond donors (Lipinski definition) is 4. The highest BCUT2D eigenvalue weighted by molar-refractivity contribution is 5.79. The van der Waals surface area contributed by atoms with E-state index in [0.29, 0.717) is 17.3 Å². The number of rotatable bonds is 3. The molecule has 0 spiro atoms. The number of nitrogens with two attached hydrogens (primary N) is 2. The number of halogens is 1. The number of aliphatic imine (C=N–C) groups is 1. The molecule has 3 aliphatic rings. The van der Waals surface area contributed by atoms with Crippen LogP contribution in [0, 0.1) is 5.82 Å². The van der Waals surface area contributed by atoms with E-state index >= 15 is 0 Å². The molecule has 0 aromatic heterocycles. The lowest BCUT2D eigenvalue weighted by Gasteiger charge is -2.32. The molecule has 0 bridgehead atoms. The molecule has 8 heteroatoms. The summed E-state index contributed by atoms with van der Waals surface area (Å²) in [6, 6.07) is 5.62. The van der Waals surface area contributed by atoms with Gasteiger partial charge in [0.1, 0.15) is 5.82 Å². The van der Waals surface area contributed by atoms with E-state index in [1.165, 1.54) is 44.8 Å². The van der Waals surface area contributed by atoms with Crippen LogP contribution in [0.1, 0.15) is 37.7 Å². The van der Waals surface area contributed by atoms with Gasteiger partial charge in [-0.3, -0.25) is 16.1 Å². The Bertz CT molecular complexity index is 688. The van der Waals surface area contributed by atoms with E-state index in [-0.39, 0.29) is 11.8 Å². The maximum Gasteiger partial charge on any atom is 0.209 e. The van der Waals surface area contributed by atoms with Gasteiger partial charge in [0.25, 0.3) is 0 Å². The Kier molecular flexibility index (Phi) is 4.73. The van der Waals surface area contributed by atoms with Crippen molar-refractivity contribution in [1.29, 1.82) is 0 Å². The van der Waals surface area contributed by atoms with Gasteiger partial charge in [-0.15, -0.1) is 0 Å². The summed E-state index contributed by atoms with van der Waals surface area (Å²) < 4.78 is 15.0. The van der Waals surface area contributed by atoms with Gasteiger partial charge in [-0.05, 0) is 50.9 Å². The molecule has 142 valence electrons. The van der Waals surface area contributed by atoms with Crippen LogP contribution in [-0.2, 0) is 5.79 Å². The Morgan fingerprint density at radius 1 is 1.15 bits per heavy atom. The summed E-state index contributed by atoms with van der Waals surface area (Å²) in [5.41, 5.74) is 18.4. The average molecular weight is 361 g/mol. The number of guanidine groups is 1. The zero-order chi connectivity index (χ0) is 18.1. The molecule has 4 rings (SSSR count). The van der Waals surface area contributed by atoms with Crippen molar-refractivity contribution in [3.8, 4) is 0 Å². The molecule has 2 saturated heterocycles. The Morgan fingerprint density at radius 3 is 2.62 bits per heavy atom. The van der Waals surface area contributed by atoms with Crippen LogP contribution in [0.15, 0.2) is 23.2 Å². The molecule has 3 heterocycles. The van der Waals surface area contributed by atoms with Gasteiger partial charge in [-0.2, -0.15) is 5.43 Å². The van der Waals surface area contributed by atoms with Gasteiger partial charge in [0.05, 0.1) is 5.69 Å². The molecule has 0 amide bonds. The van der Waals surface area contributed by atoms with Gasteiger partial charge in [0.15, 0.2) is 0 Å². The minimum atomic E-state index is -1.24. The number of hydrazine groups is 1. The Labute approximate surface area is 153 Å². The van der Waals surface area contributed by atoms with Crippen molar-refractivity contribution in [3.05, 3.63) is 29.6 Å². The predicted octanol–water partition coefficient (Wildman–Crippen LogP) is 0.772. The molecule has 1 aromatic rings. The van der Waals surface area contributed by atoms with Crippen LogP contribution in [0.4, 0.5) is 10.1 Å². The van der Waals surface area contributed by atoms with E-state index in [2.05, 4.69) is 25.6 Å². The fourth-order valence-corrected chi connectivity index (χ4v) is 4.29. The first-order chi connectivity index (χ1) is 12.5. The fourth-order valence-electron chi connectivity index (χ4n) is 4.29. The van der Waals surface area contributed by atoms with Crippen LogP contribution >= 0.6 is 0 Å². The lowest BCUT2D eigenvalue weighted by atomic mass is 10.1. The van der Waals surface area contributed by atoms with Crippen LogP contribution in [0.25, 0.3) is 0 Å². The monoisotopic (exact) mass is 361 g/mol. The predicted molar refractivity (Wildman–Crippen MR) is 101 cm³/mol. The highest BCUT2D eigenvalue weighted by Crippen LogP contribution is 2.29. The number of nitrogens with zero attached hydrogens (tertiary/aromatic N) is 3. The van der Waals surface area contributed by atoms with Gasteiger partial charge in [0, 0.05) is 24.7 Å². The van der Waals surface area contributed by atoms with Crippen molar-refractivity contribution in [2.45, 2.75) is 43.9 Å². The summed E-state index contributed by atoms with van der Waals surface area (Å²) in [5.74, 6) is -1.31. The van der Waals surface area contributed by atoms with Crippen molar-refractivity contribution < 1.29 is 4.39 Å². The van der Waals surface area contributed by atoms with Gasteiger partial charge in [-0.1, -0.05) is 12.5 Å². The molecule has 2 fully saturated rings. The number of likely N-dealkylation sites (tertiary alicyclic amines) is 1. The van der Waals surface area contributed by atoms with Gasteiger partial charge in [-0.25, -0.2) is 9.38 Å². The first-order valence-electron chi connectivity index (χ1n) is 9.51. The average Bonchev–Trinajstić information content (AvgIpc) is 3.20. The van der Waals surface area contributed by atoms with Gasteiger partial charge >= 0.3 is 0 Å². The van der Waals surface area contributed by atoms with Crippen LogP contribution < -0.4 is 27.2 Å². The van der Waals surface area contributed by atoms with Crippen LogP contribution in [0.2, 0.25) is 0 Å². The maximum atomic E-state index is 15.0. The molecule has 3 aliphatic heterocycles. The largest absolute Gasteiger partial charge is 0.369 e. The summed E-state index contributed by atoms with van der Waals surface area (Å²) in [6.45, 7) is 4.12. The Morgan fingerprint density at radius 2 is 1.92 bits per heavy atom. The molecular weight excluding hydrogens is 333 g/mol. The first-order valence-corrected chi connectivity index (χ1v) is 9.51.